The van der Waals surface area contributed by atoms with Crippen molar-refractivity contribution in [2.45, 2.75) is 67.9 Å². The van der Waals surface area contributed by atoms with Crippen molar-refractivity contribution in [2.75, 3.05) is 6.54 Å². The SMILES string of the molecule is Cn1ccc(C2=CNC(N)(c3ccnc(-c4cnn(S(=O)(=O)C5CC5)c4)n3)C=C2NC2CCC(NCC(F)F)CC2)n1. The average molecular weight is 601 g/mol. The Hall–Kier alpha value is -3.69. The molecule has 224 valence electrons. The van der Waals surface area contributed by atoms with E-state index in [4.69, 9.17) is 5.73 Å². The number of aromatic nitrogens is 6. The van der Waals surface area contributed by atoms with Crippen LogP contribution in [0.25, 0.3) is 17.0 Å². The van der Waals surface area contributed by atoms with Crippen LogP contribution in [0.4, 0.5) is 8.78 Å². The number of dihydropyridines is 1. The molecule has 3 aliphatic rings. The lowest BCUT2D eigenvalue weighted by molar-refractivity contribution is 0.136. The minimum atomic E-state index is -3.52. The van der Waals surface area contributed by atoms with E-state index in [0.29, 0.717) is 29.9 Å². The summed E-state index contributed by atoms with van der Waals surface area (Å²) in [6, 6.07) is 3.81. The highest BCUT2D eigenvalue weighted by atomic mass is 32.2. The lowest BCUT2D eigenvalue weighted by Crippen LogP contribution is -2.50. The van der Waals surface area contributed by atoms with Gasteiger partial charge in [-0.15, -0.1) is 0 Å². The molecule has 0 saturated heterocycles. The van der Waals surface area contributed by atoms with Crippen molar-refractivity contribution < 1.29 is 17.2 Å². The third-order valence-electron chi connectivity index (χ3n) is 7.86. The molecule has 5 N–H and O–H groups in total. The molecule has 0 bridgehead atoms. The minimum absolute atomic E-state index is 0.0708. The molecule has 2 fully saturated rings. The van der Waals surface area contributed by atoms with Gasteiger partial charge >= 0.3 is 0 Å². The highest BCUT2D eigenvalue weighted by Gasteiger charge is 2.38. The Labute approximate surface area is 242 Å². The average Bonchev–Trinajstić information content (AvgIpc) is 3.57. The van der Waals surface area contributed by atoms with E-state index >= 15 is 0 Å². The maximum atomic E-state index is 12.6. The van der Waals surface area contributed by atoms with Crippen LogP contribution in [0, 0.1) is 0 Å². The van der Waals surface area contributed by atoms with Gasteiger partial charge in [-0.1, -0.05) is 0 Å². The molecule has 0 spiro atoms. The Kier molecular flexibility index (Phi) is 7.57. The fourth-order valence-corrected chi connectivity index (χ4v) is 6.85. The fourth-order valence-electron chi connectivity index (χ4n) is 5.38. The van der Waals surface area contributed by atoms with Crippen LogP contribution in [0.2, 0.25) is 0 Å². The van der Waals surface area contributed by atoms with E-state index < -0.39 is 27.4 Å². The van der Waals surface area contributed by atoms with Gasteiger partial charge < -0.3 is 21.7 Å². The van der Waals surface area contributed by atoms with Crippen molar-refractivity contribution in [3.63, 3.8) is 0 Å². The van der Waals surface area contributed by atoms with E-state index in [-0.39, 0.29) is 18.6 Å². The van der Waals surface area contributed by atoms with E-state index in [2.05, 4.69) is 36.1 Å². The number of nitrogens with one attached hydrogen (secondary N) is 3. The molecule has 1 aliphatic heterocycles. The van der Waals surface area contributed by atoms with Crippen LogP contribution in [-0.4, -0.2) is 67.7 Å². The number of halogens is 2. The normalized spacial score (nSPS) is 24.7. The number of aryl methyl sites for hydroxylation is 1. The van der Waals surface area contributed by atoms with E-state index in [0.717, 1.165) is 46.7 Å². The summed E-state index contributed by atoms with van der Waals surface area (Å²) in [5, 5.41) is 18.1. The molecule has 12 nitrogen and oxygen atoms in total. The number of nitrogens with zero attached hydrogens (tertiary/aromatic N) is 6. The molecular formula is C27H34F2N10O2S. The summed E-state index contributed by atoms with van der Waals surface area (Å²) in [4.78, 5) is 9.03. The van der Waals surface area contributed by atoms with Gasteiger partial charge in [0.25, 0.3) is 16.4 Å². The maximum Gasteiger partial charge on any atom is 0.256 e. The van der Waals surface area contributed by atoms with Crippen LogP contribution in [0.5, 0.6) is 0 Å². The predicted molar refractivity (Wildman–Crippen MR) is 152 cm³/mol. The first kappa shape index (κ1) is 28.4. The van der Waals surface area contributed by atoms with Crippen molar-refractivity contribution in [3.05, 3.63) is 66.3 Å². The largest absolute Gasteiger partial charge is 0.382 e. The van der Waals surface area contributed by atoms with Crippen molar-refractivity contribution in [2.24, 2.45) is 12.8 Å². The van der Waals surface area contributed by atoms with Gasteiger partial charge in [-0.3, -0.25) is 4.68 Å². The molecule has 3 aromatic rings. The molecule has 1 unspecified atom stereocenters. The summed E-state index contributed by atoms with van der Waals surface area (Å²) < 4.78 is 53.2. The standard InChI is InChI=1S/C27H34F2N10O2S/c1-38-11-9-22(37-38)21-14-33-27(30,12-23(21)35-19-4-2-18(3-5-19)32-15-25(28)29)24-8-10-31-26(36-24)17-13-34-39(16-17)42(40,41)20-6-7-20/h8-14,16,18-20,25,32-33,35H,2-7,15,30H2,1H3. The number of hydrogen-bond acceptors (Lipinski definition) is 10. The summed E-state index contributed by atoms with van der Waals surface area (Å²) in [6.45, 7) is -0.292. The van der Waals surface area contributed by atoms with Gasteiger partial charge in [0, 0.05) is 49.0 Å². The summed E-state index contributed by atoms with van der Waals surface area (Å²) in [5.41, 5.74) is 8.98. The zero-order valence-electron chi connectivity index (χ0n) is 23.1. The number of nitrogens with two attached hydrogens (primary N) is 1. The third-order valence-corrected chi connectivity index (χ3v) is 9.89. The minimum Gasteiger partial charge on any atom is -0.382 e. The fraction of sp³-hybridized carbons (Fsp3) is 0.481. The first-order chi connectivity index (χ1) is 20.1. The molecule has 0 radical (unpaired) electrons. The van der Waals surface area contributed by atoms with Crippen LogP contribution >= 0.6 is 0 Å². The molecule has 2 aliphatic carbocycles. The lowest BCUT2D eigenvalue weighted by atomic mass is 9.89. The van der Waals surface area contributed by atoms with Crippen molar-refractivity contribution >= 4 is 15.6 Å². The molecule has 0 aromatic carbocycles. The van der Waals surface area contributed by atoms with Gasteiger partial charge in [0.2, 0.25) is 0 Å². The van der Waals surface area contributed by atoms with Gasteiger partial charge in [-0.05, 0) is 56.7 Å². The summed E-state index contributed by atoms with van der Waals surface area (Å²) in [5.74, 6) is 0.299. The summed E-state index contributed by atoms with van der Waals surface area (Å²) in [6.07, 6.45) is 12.1. The summed E-state index contributed by atoms with van der Waals surface area (Å²) >= 11 is 0. The van der Waals surface area contributed by atoms with Crippen LogP contribution in [-0.2, 0) is 22.7 Å². The second-order valence-corrected chi connectivity index (χ2v) is 13.2. The van der Waals surface area contributed by atoms with Gasteiger partial charge in [0.1, 0.15) is 0 Å². The van der Waals surface area contributed by atoms with Gasteiger partial charge in [0.05, 0.1) is 41.1 Å². The Morgan fingerprint density at radius 1 is 1.17 bits per heavy atom. The van der Waals surface area contributed by atoms with Crippen LogP contribution < -0.4 is 21.7 Å². The van der Waals surface area contributed by atoms with Crippen LogP contribution in [0.15, 0.2) is 54.9 Å². The molecule has 3 aromatic heterocycles. The molecular weight excluding hydrogens is 566 g/mol. The third kappa shape index (κ3) is 5.94. The van der Waals surface area contributed by atoms with Gasteiger partial charge in [-0.25, -0.2) is 27.2 Å². The Bertz CT molecular complexity index is 1610. The van der Waals surface area contributed by atoms with E-state index in [1.165, 1.54) is 12.4 Å². The Morgan fingerprint density at radius 2 is 1.93 bits per heavy atom. The highest BCUT2D eigenvalue weighted by molar-refractivity contribution is 7.90. The predicted octanol–water partition coefficient (Wildman–Crippen LogP) is 1.81. The number of rotatable bonds is 10. The zero-order valence-corrected chi connectivity index (χ0v) is 23.9. The van der Waals surface area contributed by atoms with Crippen LogP contribution in [0.3, 0.4) is 0 Å². The van der Waals surface area contributed by atoms with E-state index in [9.17, 15) is 17.2 Å². The lowest BCUT2D eigenvalue weighted by Gasteiger charge is -2.35. The molecule has 6 rings (SSSR count). The van der Waals surface area contributed by atoms with Gasteiger partial charge in [-0.2, -0.15) is 14.3 Å². The van der Waals surface area contributed by atoms with E-state index in [1.54, 1.807) is 16.9 Å². The summed E-state index contributed by atoms with van der Waals surface area (Å²) in [7, 11) is -1.67. The first-order valence-electron chi connectivity index (χ1n) is 14.0. The smallest absolute Gasteiger partial charge is 0.256 e. The number of hydrogen-bond donors (Lipinski definition) is 4. The Morgan fingerprint density at radius 3 is 2.62 bits per heavy atom. The molecule has 4 heterocycles. The van der Waals surface area contributed by atoms with E-state index in [1.807, 2.05) is 31.6 Å². The second-order valence-electron chi connectivity index (χ2n) is 11.1. The maximum absolute atomic E-state index is 12.6. The highest BCUT2D eigenvalue weighted by Crippen LogP contribution is 2.32. The molecule has 0 amide bonds. The molecule has 15 heteroatoms. The Balaban J connectivity index is 1.25. The van der Waals surface area contributed by atoms with Crippen molar-refractivity contribution in [1.82, 2.24) is 44.9 Å². The number of allylic oxidation sites excluding steroid dienone is 1. The zero-order chi connectivity index (χ0) is 29.5. The number of alkyl halides is 2. The second kappa shape index (κ2) is 11.2. The molecule has 1 atom stereocenters. The molecule has 42 heavy (non-hydrogen) atoms. The quantitative estimate of drug-likeness (QED) is 0.271. The van der Waals surface area contributed by atoms with Crippen molar-refractivity contribution in [3.8, 4) is 11.4 Å². The first-order valence-corrected chi connectivity index (χ1v) is 15.5. The van der Waals surface area contributed by atoms with Crippen LogP contribution in [0.1, 0.15) is 49.9 Å². The molecule has 2 saturated carbocycles. The van der Waals surface area contributed by atoms with Gasteiger partial charge in [0.15, 0.2) is 11.5 Å². The topological polar surface area (TPSA) is 158 Å². The van der Waals surface area contributed by atoms with Crippen molar-refractivity contribution in [1.29, 1.82) is 0 Å². The monoisotopic (exact) mass is 600 g/mol.